The van der Waals surface area contributed by atoms with Gasteiger partial charge < -0.3 is 13.6 Å². The van der Waals surface area contributed by atoms with E-state index in [0.717, 1.165) is 5.51 Å². The van der Waals surface area contributed by atoms with E-state index in [2.05, 4.69) is 46.5 Å². The van der Waals surface area contributed by atoms with Gasteiger partial charge in [0, 0.05) is 0 Å². The number of nitrogens with zero attached hydrogens (tertiary/aromatic N) is 2. The summed E-state index contributed by atoms with van der Waals surface area (Å²) in [5, 5.41) is 0. The van der Waals surface area contributed by atoms with Gasteiger partial charge >= 0.3 is 5.97 Å². The van der Waals surface area contributed by atoms with Crippen molar-refractivity contribution in [2.45, 2.75) is 65.1 Å². The molecule has 0 spiro atoms. The zero-order valence-corrected chi connectivity index (χ0v) is 17.1. The fraction of sp³-hybridized carbons (Fsp3) is 0.611. The quantitative estimate of drug-likeness (QED) is 0.535. The summed E-state index contributed by atoms with van der Waals surface area (Å²) in [7, 11) is -1.98. The first-order chi connectivity index (χ1) is 11.7. The van der Waals surface area contributed by atoms with Crippen LogP contribution in [-0.4, -0.2) is 30.6 Å². The standard InChI is InChI=1S/C18H28N2O4Si/c1-8-22-17(21)15-10-23-16(19-15)14-9-24-18(20-14)25(11(2)3,12(4)5)13(6)7/h9-13H,8H2,1-7H3. The van der Waals surface area contributed by atoms with Gasteiger partial charge in [0.25, 0.3) is 0 Å². The van der Waals surface area contributed by atoms with Crippen LogP contribution in [0.3, 0.4) is 0 Å². The van der Waals surface area contributed by atoms with Crippen LogP contribution < -0.4 is 5.51 Å². The smallest absolute Gasteiger partial charge is 0.360 e. The molecule has 0 saturated carbocycles. The molecular weight excluding hydrogens is 336 g/mol. The minimum atomic E-state index is -1.98. The van der Waals surface area contributed by atoms with Crippen LogP contribution in [0.1, 0.15) is 59.0 Å². The van der Waals surface area contributed by atoms with Crippen molar-refractivity contribution in [3.8, 4) is 11.6 Å². The molecule has 0 radical (unpaired) electrons. The Morgan fingerprint density at radius 1 is 1.04 bits per heavy atom. The third-order valence-electron chi connectivity index (χ3n) is 4.95. The summed E-state index contributed by atoms with van der Waals surface area (Å²) in [4.78, 5) is 20.6. The lowest BCUT2D eigenvalue weighted by molar-refractivity contribution is 0.0519. The van der Waals surface area contributed by atoms with E-state index in [4.69, 9.17) is 18.6 Å². The van der Waals surface area contributed by atoms with Gasteiger partial charge in [0.2, 0.25) is 5.89 Å². The second-order valence-corrected chi connectivity index (χ2v) is 13.0. The number of carbonyl (C=O) groups excluding carboxylic acids is 1. The Hall–Kier alpha value is -1.89. The molecule has 2 heterocycles. The van der Waals surface area contributed by atoms with Crippen LogP contribution in [0, 0.1) is 0 Å². The molecule has 0 aliphatic carbocycles. The van der Waals surface area contributed by atoms with Gasteiger partial charge in [-0.1, -0.05) is 41.5 Å². The van der Waals surface area contributed by atoms with Crippen LogP contribution in [-0.2, 0) is 4.74 Å². The molecule has 0 aromatic carbocycles. The first-order valence-corrected chi connectivity index (χ1v) is 11.1. The Morgan fingerprint density at radius 3 is 2.16 bits per heavy atom. The molecule has 25 heavy (non-hydrogen) atoms. The second-order valence-electron chi connectivity index (χ2n) is 7.19. The van der Waals surface area contributed by atoms with E-state index in [9.17, 15) is 4.79 Å². The number of hydrogen-bond acceptors (Lipinski definition) is 6. The van der Waals surface area contributed by atoms with Gasteiger partial charge in [0.1, 0.15) is 12.5 Å². The number of esters is 1. The summed E-state index contributed by atoms with van der Waals surface area (Å²) < 4.78 is 16.3. The first-order valence-electron chi connectivity index (χ1n) is 8.84. The molecule has 0 aliphatic rings. The van der Waals surface area contributed by atoms with Crippen LogP contribution in [0.4, 0.5) is 0 Å². The highest BCUT2D eigenvalue weighted by Crippen LogP contribution is 2.41. The van der Waals surface area contributed by atoms with Gasteiger partial charge in [-0.3, -0.25) is 0 Å². The second kappa shape index (κ2) is 7.55. The average Bonchev–Trinajstić information content (AvgIpc) is 3.15. The lowest BCUT2D eigenvalue weighted by Crippen LogP contribution is -2.56. The molecule has 7 heteroatoms. The third-order valence-corrected chi connectivity index (χ3v) is 11.7. The highest BCUT2D eigenvalue weighted by atomic mass is 28.3. The van der Waals surface area contributed by atoms with E-state index in [1.54, 1.807) is 13.2 Å². The maximum atomic E-state index is 11.7. The molecule has 0 bridgehead atoms. The van der Waals surface area contributed by atoms with Crippen molar-refractivity contribution in [1.29, 1.82) is 0 Å². The maximum absolute atomic E-state index is 11.7. The predicted molar refractivity (Wildman–Crippen MR) is 98.6 cm³/mol. The van der Waals surface area contributed by atoms with Crippen LogP contribution in [0.5, 0.6) is 0 Å². The lowest BCUT2D eigenvalue weighted by atomic mass is 10.5. The molecule has 0 amide bonds. The number of hydrogen-bond donors (Lipinski definition) is 0. The molecule has 138 valence electrons. The van der Waals surface area contributed by atoms with E-state index in [1.807, 2.05) is 0 Å². The Kier molecular flexibility index (Phi) is 5.87. The minimum Gasteiger partial charge on any atom is -0.461 e. The average molecular weight is 365 g/mol. The maximum Gasteiger partial charge on any atom is 0.360 e. The number of oxazole rings is 2. The highest BCUT2D eigenvalue weighted by Gasteiger charge is 2.49. The molecule has 0 N–H and O–H groups in total. The monoisotopic (exact) mass is 364 g/mol. The molecule has 0 saturated heterocycles. The summed E-state index contributed by atoms with van der Waals surface area (Å²) in [6.07, 6.45) is 2.87. The zero-order chi connectivity index (χ0) is 18.8. The van der Waals surface area contributed by atoms with Crippen molar-refractivity contribution < 1.29 is 18.4 Å². The van der Waals surface area contributed by atoms with Crippen molar-refractivity contribution in [2.24, 2.45) is 0 Å². The molecule has 2 rings (SSSR count). The molecule has 2 aromatic heterocycles. The van der Waals surface area contributed by atoms with Gasteiger partial charge in [0.15, 0.2) is 25.0 Å². The molecule has 0 atom stereocenters. The van der Waals surface area contributed by atoms with Gasteiger partial charge in [-0.15, -0.1) is 0 Å². The number of aromatic nitrogens is 2. The van der Waals surface area contributed by atoms with Gasteiger partial charge in [-0.2, -0.15) is 0 Å². The van der Waals surface area contributed by atoms with Crippen molar-refractivity contribution >= 4 is 19.6 Å². The summed E-state index contributed by atoms with van der Waals surface area (Å²) >= 11 is 0. The van der Waals surface area contributed by atoms with Crippen LogP contribution in [0.25, 0.3) is 11.6 Å². The minimum absolute atomic E-state index is 0.140. The van der Waals surface area contributed by atoms with E-state index in [1.165, 1.54) is 6.26 Å². The molecule has 0 fully saturated rings. The van der Waals surface area contributed by atoms with Gasteiger partial charge in [-0.05, 0) is 23.5 Å². The summed E-state index contributed by atoms with van der Waals surface area (Å²) in [6, 6.07) is 0. The summed E-state index contributed by atoms with van der Waals surface area (Å²) in [5.74, 6) is -0.228. The predicted octanol–water partition coefficient (Wildman–Crippen LogP) is 4.39. The summed E-state index contributed by atoms with van der Waals surface area (Å²) in [6.45, 7) is 15.5. The van der Waals surface area contributed by atoms with E-state index in [-0.39, 0.29) is 11.6 Å². The molecule has 6 nitrogen and oxygen atoms in total. The number of rotatable bonds is 7. The zero-order valence-electron chi connectivity index (χ0n) is 16.1. The fourth-order valence-electron chi connectivity index (χ4n) is 4.00. The normalized spacial score (nSPS) is 12.4. The first kappa shape index (κ1) is 19.4. The molecule has 0 aliphatic heterocycles. The SMILES string of the molecule is CCOC(=O)c1coc(-c2coc([Si](C(C)C)(C(C)C)C(C)C)n2)n1. The van der Waals surface area contributed by atoms with Crippen LogP contribution >= 0.6 is 0 Å². The fourth-order valence-corrected chi connectivity index (χ4v) is 10.1. The largest absolute Gasteiger partial charge is 0.461 e. The highest BCUT2D eigenvalue weighted by molar-refractivity contribution is 6.93. The Labute approximate surface area is 150 Å². The van der Waals surface area contributed by atoms with Gasteiger partial charge in [0.05, 0.1) is 6.61 Å². The summed E-state index contributed by atoms with van der Waals surface area (Å²) in [5.41, 5.74) is 2.93. The molecular formula is C18H28N2O4Si. The molecule has 0 unspecified atom stereocenters. The van der Waals surface area contributed by atoms with Crippen molar-refractivity contribution in [1.82, 2.24) is 9.97 Å². The Morgan fingerprint density at radius 2 is 1.64 bits per heavy atom. The van der Waals surface area contributed by atoms with Crippen LogP contribution in [0.15, 0.2) is 21.4 Å². The van der Waals surface area contributed by atoms with Crippen molar-refractivity contribution in [3.05, 3.63) is 18.2 Å². The number of carbonyl (C=O) groups is 1. The number of ether oxygens (including phenoxy) is 1. The van der Waals surface area contributed by atoms with Crippen molar-refractivity contribution in [3.63, 3.8) is 0 Å². The van der Waals surface area contributed by atoms with E-state index < -0.39 is 14.0 Å². The lowest BCUT2D eigenvalue weighted by Gasteiger charge is -2.39. The Bertz CT molecular complexity index is 696. The van der Waals surface area contributed by atoms with E-state index >= 15 is 0 Å². The van der Waals surface area contributed by atoms with Crippen molar-refractivity contribution in [2.75, 3.05) is 6.61 Å². The Balaban J connectivity index is 2.40. The molecule has 2 aromatic rings. The van der Waals surface area contributed by atoms with Crippen LogP contribution in [0.2, 0.25) is 16.6 Å². The van der Waals surface area contributed by atoms with Gasteiger partial charge in [-0.25, -0.2) is 14.8 Å². The third kappa shape index (κ3) is 3.42. The topological polar surface area (TPSA) is 78.4 Å². The van der Waals surface area contributed by atoms with E-state index in [0.29, 0.717) is 28.9 Å².